The molecule has 0 saturated carbocycles. The number of halogens is 1. The summed E-state index contributed by atoms with van der Waals surface area (Å²) in [6, 6.07) is 6.11. The highest BCUT2D eigenvalue weighted by atomic mass is 35.5. The molecule has 66 valence electrons. The lowest BCUT2D eigenvalue weighted by molar-refractivity contribution is 0.728. The molecule has 1 heteroatoms. The summed E-state index contributed by atoms with van der Waals surface area (Å²) < 4.78 is 0. The molecule has 0 bridgehead atoms. The van der Waals surface area contributed by atoms with E-state index in [1.54, 1.807) is 0 Å². The number of aryl methyl sites for hydroxylation is 1. The van der Waals surface area contributed by atoms with E-state index in [0.29, 0.717) is 5.92 Å². The average Bonchev–Trinajstić information content (AvgIpc) is 2.08. The largest absolute Gasteiger partial charge is 0.0843 e. The van der Waals surface area contributed by atoms with Crippen LogP contribution in [0.2, 0.25) is 5.02 Å². The van der Waals surface area contributed by atoms with Crippen molar-refractivity contribution >= 4 is 11.6 Å². The second-order valence-electron chi connectivity index (χ2n) is 3.31. The van der Waals surface area contributed by atoms with E-state index in [1.165, 1.54) is 17.5 Å². The molecule has 0 radical (unpaired) electrons. The lowest BCUT2D eigenvalue weighted by atomic mass is 9.95. The summed E-state index contributed by atoms with van der Waals surface area (Å²) in [4.78, 5) is 0. The summed E-state index contributed by atoms with van der Waals surface area (Å²) in [5.74, 6) is 0.615. The Morgan fingerprint density at radius 2 is 2.08 bits per heavy atom. The molecule has 0 heterocycles. The fourth-order valence-electron chi connectivity index (χ4n) is 1.36. The van der Waals surface area contributed by atoms with Crippen LogP contribution in [0.25, 0.3) is 0 Å². The van der Waals surface area contributed by atoms with Crippen LogP contribution in [0.5, 0.6) is 0 Å². The van der Waals surface area contributed by atoms with Crippen molar-refractivity contribution in [2.75, 3.05) is 0 Å². The van der Waals surface area contributed by atoms with Gasteiger partial charge in [0.1, 0.15) is 0 Å². The van der Waals surface area contributed by atoms with Crippen molar-refractivity contribution in [2.24, 2.45) is 0 Å². The van der Waals surface area contributed by atoms with E-state index in [9.17, 15) is 0 Å². The zero-order chi connectivity index (χ0) is 9.14. The molecular weight excluding hydrogens is 168 g/mol. The summed E-state index contributed by atoms with van der Waals surface area (Å²) in [5, 5.41) is 0.843. The predicted molar refractivity (Wildman–Crippen MR) is 54.9 cm³/mol. The van der Waals surface area contributed by atoms with Gasteiger partial charge in [-0.2, -0.15) is 0 Å². The number of rotatable bonds is 2. The second-order valence-corrected chi connectivity index (χ2v) is 3.75. The Labute approximate surface area is 79.6 Å². The van der Waals surface area contributed by atoms with E-state index in [4.69, 9.17) is 11.6 Å². The topological polar surface area (TPSA) is 0 Å². The SMILES string of the molecule is CCC(C)c1cc(Cl)ccc1C. The maximum atomic E-state index is 5.92. The third-order valence-electron chi connectivity index (χ3n) is 2.38. The van der Waals surface area contributed by atoms with Gasteiger partial charge in [-0.1, -0.05) is 31.5 Å². The molecule has 1 aromatic rings. The Balaban J connectivity index is 3.04. The minimum absolute atomic E-state index is 0.615. The lowest BCUT2D eigenvalue weighted by Crippen LogP contribution is -1.94. The molecule has 1 aromatic carbocycles. The van der Waals surface area contributed by atoms with Crippen molar-refractivity contribution in [2.45, 2.75) is 33.1 Å². The van der Waals surface area contributed by atoms with Gasteiger partial charge in [0.25, 0.3) is 0 Å². The third-order valence-corrected chi connectivity index (χ3v) is 2.62. The minimum Gasteiger partial charge on any atom is -0.0843 e. The quantitative estimate of drug-likeness (QED) is 0.644. The lowest BCUT2D eigenvalue weighted by Gasteiger charge is -2.12. The molecule has 0 amide bonds. The van der Waals surface area contributed by atoms with E-state index in [2.05, 4.69) is 32.9 Å². The Morgan fingerprint density at radius 1 is 1.42 bits per heavy atom. The molecular formula is C11H15Cl. The minimum atomic E-state index is 0.615. The van der Waals surface area contributed by atoms with Gasteiger partial charge in [0, 0.05) is 5.02 Å². The van der Waals surface area contributed by atoms with Gasteiger partial charge in [-0.15, -0.1) is 0 Å². The van der Waals surface area contributed by atoms with Crippen LogP contribution in [0, 0.1) is 6.92 Å². The zero-order valence-corrected chi connectivity index (χ0v) is 8.65. The summed E-state index contributed by atoms with van der Waals surface area (Å²) in [6.45, 7) is 6.57. The number of hydrogen-bond acceptors (Lipinski definition) is 0. The maximum absolute atomic E-state index is 5.92. The molecule has 0 aliphatic carbocycles. The zero-order valence-electron chi connectivity index (χ0n) is 7.89. The van der Waals surface area contributed by atoms with Crippen LogP contribution in [0.4, 0.5) is 0 Å². The van der Waals surface area contributed by atoms with E-state index in [-0.39, 0.29) is 0 Å². The van der Waals surface area contributed by atoms with Gasteiger partial charge in [0.05, 0.1) is 0 Å². The van der Waals surface area contributed by atoms with Crippen molar-refractivity contribution in [3.05, 3.63) is 34.3 Å². The van der Waals surface area contributed by atoms with Crippen LogP contribution < -0.4 is 0 Å². The van der Waals surface area contributed by atoms with Gasteiger partial charge in [-0.05, 0) is 42.5 Å². The van der Waals surface area contributed by atoms with Crippen molar-refractivity contribution in [3.8, 4) is 0 Å². The van der Waals surface area contributed by atoms with Gasteiger partial charge in [0.2, 0.25) is 0 Å². The highest BCUT2D eigenvalue weighted by Gasteiger charge is 2.05. The van der Waals surface area contributed by atoms with E-state index in [0.717, 1.165) is 5.02 Å². The first-order valence-electron chi connectivity index (χ1n) is 4.41. The van der Waals surface area contributed by atoms with Crippen LogP contribution in [0.3, 0.4) is 0 Å². The maximum Gasteiger partial charge on any atom is 0.0409 e. The highest BCUT2D eigenvalue weighted by molar-refractivity contribution is 6.30. The predicted octanol–water partition coefficient (Wildman–Crippen LogP) is 4.16. The molecule has 12 heavy (non-hydrogen) atoms. The van der Waals surface area contributed by atoms with Crippen LogP contribution >= 0.6 is 11.6 Å². The van der Waals surface area contributed by atoms with E-state index < -0.39 is 0 Å². The van der Waals surface area contributed by atoms with Gasteiger partial charge in [-0.3, -0.25) is 0 Å². The average molecular weight is 183 g/mol. The van der Waals surface area contributed by atoms with Crippen LogP contribution in [0.1, 0.15) is 37.3 Å². The van der Waals surface area contributed by atoms with Gasteiger partial charge < -0.3 is 0 Å². The molecule has 0 aliphatic rings. The molecule has 1 rings (SSSR count). The summed E-state index contributed by atoms with van der Waals surface area (Å²) in [7, 11) is 0. The van der Waals surface area contributed by atoms with Gasteiger partial charge in [-0.25, -0.2) is 0 Å². The molecule has 1 atom stereocenters. The Morgan fingerprint density at radius 3 is 2.67 bits per heavy atom. The van der Waals surface area contributed by atoms with E-state index >= 15 is 0 Å². The normalized spacial score (nSPS) is 13.0. The Hall–Kier alpha value is -0.490. The first-order valence-corrected chi connectivity index (χ1v) is 4.79. The number of benzene rings is 1. The standard InChI is InChI=1S/C11H15Cl/c1-4-8(2)11-7-10(12)6-5-9(11)3/h5-8H,4H2,1-3H3. The van der Waals surface area contributed by atoms with Crippen molar-refractivity contribution < 1.29 is 0 Å². The summed E-state index contributed by atoms with van der Waals surface area (Å²) in [5.41, 5.74) is 2.72. The molecule has 0 aliphatic heterocycles. The van der Waals surface area contributed by atoms with Crippen LogP contribution in [0.15, 0.2) is 18.2 Å². The molecule has 1 unspecified atom stereocenters. The Kier molecular flexibility index (Phi) is 3.16. The summed E-state index contributed by atoms with van der Waals surface area (Å²) >= 11 is 5.92. The van der Waals surface area contributed by atoms with Crippen molar-refractivity contribution in [1.82, 2.24) is 0 Å². The first-order chi connectivity index (χ1) is 5.65. The first kappa shape index (κ1) is 9.60. The Bertz CT molecular complexity index is 266. The number of hydrogen-bond donors (Lipinski definition) is 0. The van der Waals surface area contributed by atoms with Crippen molar-refractivity contribution in [1.29, 1.82) is 0 Å². The molecule has 0 nitrogen and oxygen atoms in total. The smallest absolute Gasteiger partial charge is 0.0409 e. The molecule has 0 N–H and O–H groups in total. The van der Waals surface area contributed by atoms with Gasteiger partial charge in [0.15, 0.2) is 0 Å². The van der Waals surface area contributed by atoms with Crippen molar-refractivity contribution in [3.63, 3.8) is 0 Å². The molecule has 0 aromatic heterocycles. The van der Waals surface area contributed by atoms with Crippen LogP contribution in [-0.2, 0) is 0 Å². The molecule has 0 fully saturated rings. The third kappa shape index (κ3) is 2.01. The highest BCUT2D eigenvalue weighted by Crippen LogP contribution is 2.25. The fraction of sp³-hybridized carbons (Fsp3) is 0.455. The van der Waals surface area contributed by atoms with Gasteiger partial charge >= 0.3 is 0 Å². The molecule has 0 spiro atoms. The fourth-order valence-corrected chi connectivity index (χ4v) is 1.54. The monoisotopic (exact) mass is 182 g/mol. The second kappa shape index (κ2) is 3.95. The molecule has 0 saturated heterocycles. The summed E-state index contributed by atoms with van der Waals surface area (Å²) in [6.07, 6.45) is 1.17. The van der Waals surface area contributed by atoms with Crippen LogP contribution in [-0.4, -0.2) is 0 Å². The van der Waals surface area contributed by atoms with E-state index in [1.807, 2.05) is 6.07 Å².